The Morgan fingerprint density at radius 3 is 3.09 bits per heavy atom. The van der Waals surface area contributed by atoms with Gasteiger partial charge in [-0.2, -0.15) is 5.10 Å². The second-order valence-electron chi connectivity index (χ2n) is 5.28. The standard InChI is InChI=1S/C14H16N6OS/c1-9-17-12-10(7-16-19(12)2)13(18-9)20-4-5-21-11(8-20)14-15-3-6-22-14/h3,6-7,11H,4-5,8H2,1-2H3/t11-/m1/s1. The Balaban J connectivity index is 1.72. The van der Waals surface area contributed by atoms with Crippen LogP contribution >= 0.6 is 11.3 Å². The topological polar surface area (TPSA) is 69.0 Å². The zero-order chi connectivity index (χ0) is 15.1. The lowest BCUT2D eigenvalue weighted by Crippen LogP contribution is -2.39. The molecule has 1 saturated heterocycles. The zero-order valence-corrected chi connectivity index (χ0v) is 13.2. The summed E-state index contributed by atoms with van der Waals surface area (Å²) in [4.78, 5) is 15.7. The maximum atomic E-state index is 5.86. The summed E-state index contributed by atoms with van der Waals surface area (Å²) in [6.07, 6.45) is 3.64. The van der Waals surface area contributed by atoms with Gasteiger partial charge >= 0.3 is 0 Å². The Kier molecular flexibility index (Phi) is 3.27. The Hall–Kier alpha value is -2.06. The summed E-state index contributed by atoms with van der Waals surface area (Å²) in [6.45, 7) is 4.13. The van der Waals surface area contributed by atoms with Crippen LogP contribution in [-0.4, -0.2) is 44.4 Å². The second kappa shape index (κ2) is 5.29. The molecule has 0 N–H and O–H groups in total. The molecule has 1 aliphatic heterocycles. The van der Waals surface area contributed by atoms with Crippen molar-refractivity contribution in [1.82, 2.24) is 24.7 Å². The van der Waals surface area contributed by atoms with Crippen LogP contribution in [0.3, 0.4) is 0 Å². The van der Waals surface area contributed by atoms with Gasteiger partial charge < -0.3 is 9.64 Å². The van der Waals surface area contributed by atoms with E-state index < -0.39 is 0 Å². The molecule has 114 valence electrons. The molecule has 0 radical (unpaired) electrons. The molecule has 1 atom stereocenters. The van der Waals surface area contributed by atoms with Crippen LogP contribution < -0.4 is 4.90 Å². The maximum Gasteiger partial charge on any atom is 0.163 e. The SMILES string of the molecule is Cc1nc(N2CCO[C@@H](c3nccs3)C2)c2cnn(C)c2n1. The van der Waals surface area contributed by atoms with E-state index in [1.165, 1.54) is 0 Å². The van der Waals surface area contributed by atoms with Gasteiger partial charge in [-0.3, -0.25) is 4.68 Å². The first-order valence-electron chi connectivity index (χ1n) is 7.14. The van der Waals surface area contributed by atoms with Crippen molar-refractivity contribution < 1.29 is 4.74 Å². The van der Waals surface area contributed by atoms with Gasteiger partial charge in [0, 0.05) is 25.2 Å². The fraction of sp³-hybridized carbons (Fsp3) is 0.429. The van der Waals surface area contributed by atoms with E-state index in [4.69, 9.17) is 4.74 Å². The summed E-state index contributed by atoms with van der Waals surface area (Å²) in [5, 5.41) is 8.28. The third-order valence-electron chi connectivity index (χ3n) is 3.78. The molecule has 0 aromatic carbocycles. The van der Waals surface area contributed by atoms with E-state index >= 15 is 0 Å². The molecule has 0 saturated carbocycles. The van der Waals surface area contributed by atoms with Gasteiger partial charge in [-0.25, -0.2) is 15.0 Å². The summed E-state index contributed by atoms with van der Waals surface area (Å²) in [5.41, 5.74) is 0.861. The maximum absolute atomic E-state index is 5.86. The number of anilines is 1. The van der Waals surface area contributed by atoms with Crippen molar-refractivity contribution in [2.45, 2.75) is 13.0 Å². The molecule has 0 aliphatic carbocycles. The molecule has 3 aromatic heterocycles. The third-order valence-corrected chi connectivity index (χ3v) is 4.64. The number of aromatic nitrogens is 5. The van der Waals surface area contributed by atoms with Crippen LogP contribution in [0, 0.1) is 6.92 Å². The number of nitrogens with zero attached hydrogens (tertiary/aromatic N) is 6. The number of rotatable bonds is 2. The number of aryl methyl sites for hydroxylation is 2. The van der Waals surface area contributed by atoms with E-state index in [0.717, 1.165) is 40.8 Å². The summed E-state index contributed by atoms with van der Waals surface area (Å²) < 4.78 is 7.65. The molecule has 1 aliphatic rings. The Morgan fingerprint density at radius 2 is 2.27 bits per heavy atom. The van der Waals surface area contributed by atoms with E-state index in [0.29, 0.717) is 6.61 Å². The quantitative estimate of drug-likeness (QED) is 0.717. The van der Waals surface area contributed by atoms with E-state index in [-0.39, 0.29) is 6.10 Å². The minimum absolute atomic E-state index is 0.00394. The molecule has 7 nitrogen and oxygen atoms in total. The van der Waals surface area contributed by atoms with Crippen molar-refractivity contribution in [2.75, 3.05) is 24.6 Å². The highest BCUT2D eigenvalue weighted by molar-refractivity contribution is 7.09. The Labute approximate surface area is 131 Å². The molecule has 0 spiro atoms. The average Bonchev–Trinajstić information content (AvgIpc) is 3.18. The van der Waals surface area contributed by atoms with Crippen LogP contribution in [0.25, 0.3) is 11.0 Å². The van der Waals surface area contributed by atoms with E-state index in [9.17, 15) is 0 Å². The lowest BCUT2D eigenvalue weighted by Gasteiger charge is -2.33. The fourth-order valence-electron chi connectivity index (χ4n) is 2.74. The number of thiazole rings is 1. The average molecular weight is 316 g/mol. The number of ether oxygens (including phenoxy) is 1. The van der Waals surface area contributed by atoms with Crippen LogP contribution in [0.5, 0.6) is 0 Å². The molecule has 4 rings (SSSR count). The van der Waals surface area contributed by atoms with Gasteiger partial charge in [0.2, 0.25) is 0 Å². The van der Waals surface area contributed by atoms with Crippen LogP contribution in [0.15, 0.2) is 17.8 Å². The van der Waals surface area contributed by atoms with Crippen LogP contribution in [0.1, 0.15) is 16.9 Å². The molecule has 22 heavy (non-hydrogen) atoms. The first-order valence-corrected chi connectivity index (χ1v) is 8.02. The van der Waals surface area contributed by atoms with Gasteiger partial charge in [-0.15, -0.1) is 11.3 Å². The minimum Gasteiger partial charge on any atom is -0.367 e. The first kappa shape index (κ1) is 13.6. The van der Waals surface area contributed by atoms with Crippen LogP contribution in [0.2, 0.25) is 0 Å². The molecule has 0 amide bonds. The van der Waals surface area contributed by atoms with E-state index in [1.807, 2.05) is 31.7 Å². The van der Waals surface area contributed by atoms with E-state index in [2.05, 4.69) is 25.0 Å². The van der Waals surface area contributed by atoms with Crippen LogP contribution in [-0.2, 0) is 11.8 Å². The van der Waals surface area contributed by atoms with Crippen LogP contribution in [0.4, 0.5) is 5.82 Å². The Bertz CT molecular complexity index is 799. The first-order chi connectivity index (χ1) is 10.7. The fourth-order valence-corrected chi connectivity index (χ4v) is 3.42. The van der Waals surface area contributed by atoms with Gasteiger partial charge in [-0.1, -0.05) is 0 Å². The third kappa shape index (κ3) is 2.24. The molecule has 1 fully saturated rings. The summed E-state index contributed by atoms with van der Waals surface area (Å²) in [6, 6.07) is 0. The number of morpholine rings is 1. The van der Waals surface area contributed by atoms with Gasteiger partial charge in [0.1, 0.15) is 22.8 Å². The minimum atomic E-state index is -0.00394. The van der Waals surface area contributed by atoms with Crippen molar-refractivity contribution in [3.63, 3.8) is 0 Å². The van der Waals surface area contributed by atoms with Crippen molar-refractivity contribution >= 4 is 28.2 Å². The smallest absolute Gasteiger partial charge is 0.163 e. The normalized spacial score (nSPS) is 19.0. The molecule has 0 unspecified atom stereocenters. The highest BCUT2D eigenvalue weighted by Gasteiger charge is 2.26. The Morgan fingerprint density at radius 1 is 1.36 bits per heavy atom. The monoisotopic (exact) mass is 316 g/mol. The van der Waals surface area contributed by atoms with Gasteiger partial charge in [0.15, 0.2) is 5.65 Å². The zero-order valence-electron chi connectivity index (χ0n) is 12.4. The summed E-state index contributed by atoms with van der Waals surface area (Å²) in [7, 11) is 1.90. The molecular weight excluding hydrogens is 300 g/mol. The molecule has 3 aromatic rings. The van der Waals surface area contributed by atoms with E-state index in [1.54, 1.807) is 16.0 Å². The molecule has 4 heterocycles. The predicted molar refractivity (Wildman–Crippen MR) is 84.1 cm³/mol. The highest BCUT2D eigenvalue weighted by Crippen LogP contribution is 2.29. The second-order valence-corrected chi connectivity index (χ2v) is 6.20. The lowest BCUT2D eigenvalue weighted by atomic mass is 10.2. The van der Waals surface area contributed by atoms with Gasteiger partial charge in [0.05, 0.1) is 24.7 Å². The van der Waals surface area contributed by atoms with Gasteiger partial charge in [0.25, 0.3) is 0 Å². The lowest BCUT2D eigenvalue weighted by molar-refractivity contribution is 0.0394. The summed E-state index contributed by atoms with van der Waals surface area (Å²) >= 11 is 1.63. The summed E-state index contributed by atoms with van der Waals surface area (Å²) in [5.74, 6) is 1.68. The highest BCUT2D eigenvalue weighted by atomic mass is 32.1. The molecular formula is C14H16N6OS. The molecule has 0 bridgehead atoms. The van der Waals surface area contributed by atoms with Crippen molar-refractivity contribution in [3.05, 3.63) is 28.6 Å². The van der Waals surface area contributed by atoms with Crippen molar-refractivity contribution in [2.24, 2.45) is 7.05 Å². The van der Waals surface area contributed by atoms with Crippen molar-refractivity contribution in [3.8, 4) is 0 Å². The largest absolute Gasteiger partial charge is 0.367 e. The number of hydrogen-bond donors (Lipinski definition) is 0. The number of fused-ring (bicyclic) bond motifs is 1. The predicted octanol–water partition coefficient (Wildman–Crippen LogP) is 1.71. The number of hydrogen-bond acceptors (Lipinski definition) is 7. The molecule has 8 heteroatoms. The van der Waals surface area contributed by atoms with Gasteiger partial charge in [-0.05, 0) is 6.92 Å². The van der Waals surface area contributed by atoms with Crippen molar-refractivity contribution in [1.29, 1.82) is 0 Å².